The molecule has 0 aliphatic heterocycles. The number of nitrogens with one attached hydrogen (secondary N) is 2. The molecule has 0 unspecified atom stereocenters. The minimum Gasteiger partial charge on any atom is -0.384 e. The number of para-hydroxylation sites is 1. The van der Waals surface area contributed by atoms with E-state index in [9.17, 15) is 0 Å². The van der Waals surface area contributed by atoms with Crippen LogP contribution in [-0.4, -0.2) is 13.1 Å². The molecule has 0 spiro atoms. The largest absolute Gasteiger partial charge is 0.384 e. The number of halogens is 2. The Labute approximate surface area is 167 Å². The lowest BCUT2D eigenvalue weighted by molar-refractivity contribution is 0.260. The number of hydrogen-bond donors (Lipinski definition) is 2. The van der Waals surface area contributed by atoms with E-state index in [1.807, 2.05) is 42.5 Å². The van der Waals surface area contributed by atoms with E-state index in [4.69, 9.17) is 23.2 Å². The molecule has 2 N–H and O–H groups in total. The van der Waals surface area contributed by atoms with Crippen molar-refractivity contribution in [1.29, 1.82) is 0 Å². The number of benzene rings is 2. The van der Waals surface area contributed by atoms with Gasteiger partial charge in [0.25, 0.3) is 0 Å². The molecule has 26 heavy (non-hydrogen) atoms. The molecule has 140 valence electrons. The Morgan fingerprint density at radius 2 is 1.46 bits per heavy atom. The Balaban J connectivity index is 1.30. The maximum atomic E-state index is 6.21. The quantitative estimate of drug-likeness (QED) is 0.545. The summed E-state index contributed by atoms with van der Waals surface area (Å²) in [5.74, 6) is 1.63. The van der Waals surface area contributed by atoms with E-state index in [0.29, 0.717) is 0 Å². The first-order chi connectivity index (χ1) is 12.7. The second-order valence-electron chi connectivity index (χ2n) is 7.30. The highest BCUT2D eigenvalue weighted by atomic mass is 35.5. The SMILES string of the molecule is Clc1ccccc1CNCC1CCC(CCNc2ccccc2Cl)CC1. The Bertz CT molecular complexity index is 622. The molecule has 0 aromatic heterocycles. The molecule has 4 heteroatoms. The standard InChI is InChI=1S/C22H28Cl2N2/c23-20-6-2-1-5-19(20)16-25-15-18-11-9-17(10-12-18)13-14-26-22-8-4-3-7-21(22)24/h1-8,17-18,25-26H,9-16H2. The smallest absolute Gasteiger partial charge is 0.0637 e. The highest BCUT2D eigenvalue weighted by molar-refractivity contribution is 6.33. The predicted molar refractivity (Wildman–Crippen MR) is 113 cm³/mol. The average molecular weight is 391 g/mol. The maximum Gasteiger partial charge on any atom is 0.0637 e. The fourth-order valence-corrected chi connectivity index (χ4v) is 4.20. The van der Waals surface area contributed by atoms with Gasteiger partial charge in [-0.15, -0.1) is 0 Å². The van der Waals surface area contributed by atoms with Gasteiger partial charge >= 0.3 is 0 Å². The molecule has 1 aliphatic rings. The predicted octanol–water partition coefficient (Wildman–Crippen LogP) is 6.39. The molecule has 0 radical (unpaired) electrons. The summed E-state index contributed by atoms with van der Waals surface area (Å²) in [5, 5.41) is 8.72. The van der Waals surface area contributed by atoms with E-state index in [0.717, 1.165) is 47.2 Å². The molecule has 2 nitrogen and oxygen atoms in total. The first kappa shape index (κ1) is 19.5. The van der Waals surface area contributed by atoms with Gasteiger partial charge in [0.05, 0.1) is 10.7 Å². The summed E-state index contributed by atoms with van der Waals surface area (Å²) in [5.41, 5.74) is 2.24. The van der Waals surface area contributed by atoms with Crippen molar-refractivity contribution in [3.05, 3.63) is 64.1 Å². The lowest BCUT2D eigenvalue weighted by atomic mass is 9.80. The molecule has 2 aromatic rings. The van der Waals surface area contributed by atoms with E-state index >= 15 is 0 Å². The molecule has 1 fully saturated rings. The molecule has 0 saturated heterocycles. The Morgan fingerprint density at radius 1 is 0.808 bits per heavy atom. The van der Waals surface area contributed by atoms with E-state index in [-0.39, 0.29) is 0 Å². The van der Waals surface area contributed by atoms with Gasteiger partial charge < -0.3 is 10.6 Å². The van der Waals surface area contributed by atoms with Crippen LogP contribution in [0.2, 0.25) is 10.0 Å². The van der Waals surface area contributed by atoms with E-state index < -0.39 is 0 Å². The van der Waals surface area contributed by atoms with E-state index in [1.165, 1.54) is 37.7 Å². The Kier molecular flexibility index (Phi) is 7.67. The zero-order valence-electron chi connectivity index (χ0n) is 15.2. The summed E-state index contributed by atoms with van der Waals surface area (Å²) >= 11 is 12.4. The van der Waals surface area contributed by atoms with Gasteiger partial charge in [0.2, 0.25) is 0 Å². The zero-order valence-corrected chi connectivity index (χ0v) is 16.7. The van der Waals surface area contributed by atoms with Crippen LogP contribution in [0.5, 0.6) is 0 Å². The Morgan fingerprint density at radius 3 is 2.19 bits per heavy atom. The minimum absolute atomic E-state index is 0.797. The molecular formula is C22H28Cl2N2. The normalized spacial score (nSPS) is 20.1. The monoisotopic (exact) mass is 390 g/mol. The maximum absolute atomic E-state index is 6.21. The first-order valence-corrected chi connectivity index (χ1v) is 10.4. The molecule has 0 atom stereocenters. The van der Waals surface area contributed by atoms with E-state index in [2.05, 4.69) is 16.7 Å². The van der Waals surface area contributed by atoms with Crippen LogP contribution in [-0.2, 0) is 6.54 Å². The van der Waals surface area contributed by atoms with E-state index in [1.54, 1.807) is 0 Å². The average Bonchev–Trinajstić information content (AvgIpc) is 2.66. The summed E-state index contributed by atoms with van der Waals surface area (Å²) in [6.45, 7) is 2.96. The third-order valence-electron chi connectivity index (χ3n) is 5.41. The topological polar surface area (TPSA) is 24.1 Å². The summed E-state index contributed by atoms with van der Waals surface area (Å²) in [6, 6.07) is 16.1. The highest BCUT2D eigenvalue weighted by Crippen LogP contribution is 2.31. The van der Waals surface area contributed by atoms with Crippen molar-refractivity contribution < 1.29 is 0 Å². The van der Waals surface area contributed by atoms with Crippen molar-refractivity contribution >= 4 is 28.9 Å². The lowest BCUT2D eigenvalue weighted by Crippen LogP contribution is -2.27. The van der Waals surface area contributed by atoms with Gasteiger partial charge in [-0.05, 0) is 61.4 Å². The third kappa shape index (κ3) is 5.90. The highest BCUT2D eigenvalue weighted by Gasteiger charge is 2.20. The molecule has 1 saturated carbocycles. The number of rotatable bonds is 8. The Hall–Kier alpha value is -1.22. The van der Waals surface area contributed by atoms with Gasteiger partial charge in [-0.25, -0.2) is 0 Å². The molecule has 3 rings (SSSR count). The molecule has 0 heterocycles. The summed E-state index contributed by atoms with van der Waals surface area (Å²) in [7, 11) is 0. The second-order valence-corrected chi connectivity index (χ2v) is 8.12. The van der Waals surface area contributed by atoms with Crippen LogP contribution in [0.25, 0.3) is 0 Å². The first-order valence-electron chi connectivity index (χ1n) is 9.65. The number of hydrogen-bond acceptors (Lipinski definition) is 2. The van der Waals surface area contributed by atoms with Gasteiger partial charge in [-0.2, -0.15) is 0 Å². The molecule has 2 aromatic carbocycles. The van der Waals surface area contributed by atoms with Gasteiger partial charge in [-0.1, -0.05) is 66.4 Å². The van der Waals surface area contributed by atoms with Crippen LogP contribution in [0.1, 0.15) is 37.7 Å². The van der Waals surface area contributed by atoms with Crippen molar-refractivity contribution in [2.75, 3.05) is 18.4 Å². The molecule has 1 aliphatic carbocycles. The van der Waals surface area contributed by atoms with Crippen molar-refractivity contribution in [2.24, 2.45) is 11.8 Å². The number of anilines is 1. The van der Waals surface area contributed by atoms with Crippen LogP contribution < -0.4 is 10.6 Å². The third-order valence-corrected chi connectivity index (χ3v) is 6.11. The van der Waals surface area contributed by atoms with Crippen molar-refractivity contribution in [1.82, 2.24) is 5.32 Å². The van der Waals surface area contributed by atoms with Crippen LogP contribution in [0.3, 0.4) is 0 Å². The van der Waals surface area contributed by atoms with Crippen LogP contribution >= 0.6 is 23.2 Å². The fraction of sp³-hybridized carbons (Fsp3) is 0.455. The van der Waals surface area contributed by atoms with Gasteiger partial charge in [-0.3, -0.25) is 0 Å². The fourth-order valence-electron chi connectivity index (χ4n) is 3.79. The van der Waals surface area contributed by atoms with Crippen molar-refractivity contribution in [3.63, 3.8) is 0 Å². The molecule has 0 amide bonds. The van der Waals surface area contributed by atoms with Crippen LogP contribution in [0.15, 0.2) is 48.5 Å². The lowest BCUT2D eigenvalue weighted by Gasteiger charge is -2.29. The second kappa shape index (κ2) is 10.2. The van der Waals surface area contributed by atoms with Gasteiger partial charge in [0, 0.05) is 18.1 Å². The van der Waals surface area contributed by atoms with Crippen LogP contribution in [0.4, 0.5) is 5.69 Å². The summed E-state index contributed by atoms with van der Waals surface area (Å²) in [6.07, 6.45) is 6.55. The molecular weight excluding hydrogens is 363 g/mol. The zero-order chi connectivity index (χ0) is 18.2. The van der Waals surface area contributed by atoms with Crippen molar-refractivity contribution in [3.8, 4) is 0 Å². The summed E-state index contributed by atoms with van der Waals surface area (Å²) in [4.78, 5) is 0. The summed E-state index contributed by atoms with van der Waals surface area (Å²) < 4.78 is 0. The minimum atomic E-state index is 0.797. The van der Waals surface area contributed by atoms with Crippen LogP contribution in [0, 0.1) is 11.8 Å². The van der Waals surface area contributed by atoms with Crippen molar-refractivity contribution in [2.45, 2.75) is 38.6 Å². The molecule has 0 bridgehead atoms. The van der Waals surface area contributed by atoms with Gasteiger partial charge in [0.1, 0.15) is 0 Å². The van der Waals surface area contributed by atoms with Gasteiger partial charge in [0.15, 0.2) is 0 Å².